The zero-order valence-corrected chi connectivity index (χ0v) is 10.6. The van der Waals surface area contributed by atoms with Gasteiger partial charge in [0, 0.05) is 12.1 Å². The number of carbonyl (C=O) groups excluding carboxylic acids is 1. The van der Waals surface area contributed by atoms with Gasteiger partial charge < -0.3 is 14.1 Å². The summed E-state index contributed by atoms with van der Waals surface area (Å²) in [7, 11) is 0. The minimum absolute atomic E-state index is 0.101. The van der Waals surface area contributed by atoms with Crippen LogP contribution in [0.5, 0.6) is 0 Å². The van der Waals surface area contributed by atoms with Crippen LogP contribution in [0.2, 0.25) is 0 Å². The van der Waals surface area contributed by atoms with Gasteiger partial charge in [0.05, 0.1) is 18.6 Å². The minimum Gasteiger partial charge on any atom is -0.472 e. The van der Waals surface area contributed by atoms with Crippen molar-refractivity contribution in [2.45, 2.75) is 45.3 Å². The standard InChI is InChI=1S/C13H19NO3/c1-13(2,3)17-12(15)14-7-4-5-11(14)10-6-8-16-9-10/h6,8-9,11H,4-5,7H2,1-3H3/t11-/m0/s1. The van der Waals surface area contributed by atoms with Gasteiger partial charge in [-0.1, -0.05) is 0 Å². The van der Waals surface area contributed by atoms with Crippen LogP contribution in [0.25, 0.3) is 0 Å². The van der Waals surface area contributed by atoms with Crippen LogP contribution in [-0.2, 0) is 4.74 Å². The van der Waals surface area contributed by atoms with E-state index in [0.29, 0.717) is 0 Å². The Balaban J connectivity index is 2.07. The lowest BCUT2D eigenvalue weighted by molar-refractivity contribution is 0.0224. The van der Waals surface area contributed by atoms with Crippen molar-refractivity contribution >= 4 is 6.09 Å². The molecule has 0 unspecified atom stereocenters. The Hall–Kier alpha value is -1.45. The first kappa shape index (κ1) is 12.0. The summed E-state index contributed by atoms with van der Waals surface area (Å²) in [6.07, 6.45) is 5.09. The van der Waals surface area contributed by atoms with Crippen molar-refractivity contribution < 1.29 is 13.9 Å². The third kappa shape index (κ3) is 2.81. The number of nitrogens with zero attached hydrogens (tertiary/aromatic N) is 1. The van der Waals surface area contributed by atoms with Crippen molar-refractivity contribution in [2.75, 3.05) is 6.54 Å². The molecule has 0 aromatic carbocycles. The third-order valence-corrected chi connectivity index (χ3v) is 2.81. The molecule has 1 aliphatic rings. The van der Waals surface area contributed by atoms with Crippen LogP contribution >= 0.6 is 0 Å². The highest BCUT2D eigenvalue weighted by molar-refractivity contribution is 5.69. The largest absolute Gasteiger partial charge is 0.472 e. The molecule has 4 nitrogen and oxygen atoms in total. The molecule has 2 heterocycles. The van der Waals surface area contributed by atoms with E-state index in [9.17, 15) is 4.79 Å². The Morgan fingerprint density at radius 1 is 1.53 bits per heavy atom. The van der Waals surface area contributed by atoms with Crippen molar-refractivity contribution in [3.63, 3.8) is 0 Å². The molecule has 0 spiro atoms. The Bertz CT molecular complexity index is 378. The molecule has 0 bridgehead atoms. The van der Waals surface area contributed by atoms with Gasteiger partial charge in [-0.3, -0.25) is 0 Å². The quantitative estimate of drug-likeness (QED) is 0.752. The van der Waals surface area contributed by atoms with Crippen LogP contribution in [0.3, 0.4) is 0 Å². The van der Waals surface area contributed by atoms with Gasteiger partial charge in [-0.15, -0.1) is 0 Å². The van der Waals surface area contributed by atoms with E-state index in [1.807, 2.05) is 26.8 Å². The molecule has 2 rings (SSSR count). The van der Waals surface area contributed by atoms with Crippen molar-refractivity contribution in [1.29, 1.82) is 0 Å². The number of hydrogen-bond acceptors (Lipinski definition) is 3. The van der Waals surface area contributed by atoms with Crippen LogP contribution in [0, 0.1) is 0 Å². The number of ether oxygens (including phenoxy) is 1. The Morgan fingerprint density at radius 3 is 2.88 bits per heavy atom. The fourth-order valence-electron chi connectivity index (χ4n) is 2.12. The van der Waals surface area contributed by atoms with E-state index in [-0.39, 0.29) is 12.1 Å². The van der Waals surface area contributed by atoms with Gasteiger partial charge in [-0.05, 0) is 39.7 Å². The lowest BCUT2D eigenvalue weighted by Crippen LogP contribution is -2.36. The summed E-state index contributed by atoms with van der Waals surface area (Å²) in [4.78, 5) is 13.8. The van der Waals surface area contributed by atoms with Crippen LogP contribution < -0.4 is 0 Å². The Morgan fingerprint density at radius 2 is 2.29 bits per heavy atom. The predicted octanol–water partition coefficient (Wildman–Crippen LogP) is 3.35. The van der Waals surface area contributed by atoms with Gasteiger partial charge in [-0.2, -0.15) is 0 Å². The molecule has 1 aromatic heterocycles. The van der Waals surface area contributed by atoms with E-state index >= 15 is 0 Å². The van der Waals surface area contributed by atoms with Crippen molar-refractivity contribution in [3.05, 3.63) is 24.2 Å². The maximum absolute atomic E-state index is 12.0. The molecule has 1 atom stereocenters. The molecule has 94 valence electrons. The molecule has 17 heavy (non-hydrogen) atoms. The molecule has 4 heteroatoms. The molecule has 1 aliphatic heterocycles. The molecular formula is C13H19NO3. The topological polar surface area (TPSA) is 42.7 Å². The SMILES string of the molecule is CC(C)(C)OC(=O)N1CCC[C@H]1c1ccoc1. The van der Waals surface area contributed by atoms with Crippen LogP contribution in [0.1, 0.15) is 45.2 Å². The smallest absolute Gasteiger partial charge is 0.410 e. The maximum Gasteiger partial charge on any atom is 0.410 e. The van der Waals surface area contributed by atoms with E-state index < -0.39 is 5.60 Å². The summed E-state index contributed by atoms with van der Waals surface area (Å²) < 4.78 is 10.5. The number of carbonyl (C=O) groups is 1. The average Bonchev–Trinajstić information content (AvgIpc) is 2.85. The van der Waals surface area contributed by atoms with Gasteiger partial charge in [0.1, 0.15) is 5.60 Å². The number of rotatable bonds is 1. The fourth-order valence-corrected chi connectivity index (χ4v) is 2.12. The van der Waals surface area contributed by atoms with Crippen molar-refractivity contribution in [1.82, 2.24) is 4.90 Å². The summed E-state index contributed by atoms with van der Waals surface area (Å²) in [6, 6.07) is 2.01. The molecule has 0 aliphatic carbocycles. The molecule has 1 aromatic rings. The summed E-state index contributed by atoms with van der Waals surface area (Å²) in [5.74, 6) is 0. The molecule has 1 saturated heterocycles. The van der Waals surface area contributed by atoms with Crippen molar-refractivity contribution in [2.24, 2.45) is 0 Å². The van der Waals surface area contributed by atoms with Gasteiger partial charge in [0.25, 0.3) is 0 Å². The number of likely N-dealkylation sites (tertiary alicyclic amines) is 1. The van der Waals surface area contributed by atoms with Crippen LogP contribution in [0.4, 0.5) is 4.79 Å². The zero-order valence-electron chi connectivity index (χ0n) is 10.6. The first-order chi connectivity index (χ1) is 7.97. The number of hydrogen-bond donors (Lipinski definition) is 0. The minimum atomic E-state index is -0.444. The van der Waals surface area contributed by atoms with E-state index in [1.165, 1.54) is 0 Å². The first-order valence-electron chi connectivity index (χ1n) is 5.99. The second-order valence-corrected chi connectivity index (χ2v) is 5.39. The van der Waals surface area contributed by atoms with Gasteiger partial charge >= 0.3 is 6.09 Å². The Labute approximate surface area is 102 Å². The fraction of sp³-hybridized carbons (Fsp3) is 0.615. The summed E-state index contributed by atoms with van der Waals surface area (Å²) in [5, 5.41) is 0. The number of furan rings is 1. The molecule has 1 amide bonds. The lowest BCUT2D eigenvalue weighted by Gasteiger charge is -2.28. The Kier molecular flexibility index (Phi) is 3.13. The monoisotopic (exact) mass is 237 g/mol. The molecule has 0 N–H and O–H groups in total. The molecule has 1 fully saturated rings. The van der Waals surface area contributed by atoms with Crippen LogP contribution in [0.15, 0.2) is 23.0 Å². The van der Waals surface area contributed by atoms with Crippen molar-refractivity contribution in [3.8, 4) is 0 Å². The van der Waals surface area contributed by atoms with Gasteiger partial charge in [-0.25, -0.2) is 4.79 Å². The third-order valence-electron chi connectivity index (χ3n) is 2.81. The maximum atomic E-state index is 12.0. The first-order valence-corrected chi connectivity index (χ1v) is 5.99. The second-order valence-electron chi connectivity index (χ2n) is 5.39. The van der Waals surface area contributed by atoms with Gasteiger partial charge in [0.15, 0.2) is 0 Å². The van der Waals surface area contributed by atoms with Gasteiger partial charge in [0.2, 0.25) is 0 Å². The summed E-state index contributed by atoms with van der Waals surface area (Å²) in [6.45, 7) is 6.40. The summed E-state index contributed by atoms with van der Waals surface area (Å²) >= 11 is 0. The van der Waals surface area contributed by atoms with Crippen LogP contribution in [-0.4, -0.2) is 23.1 Å². The van der Waals surface area contributed by atoms with E-state index in [2.05, 4.69) is 0 Å². The summed E-state index contributed by atoms with van der Waals surface area (Å²) in [5.41, 5.74) is 0.606. The normalized spacial score (nSPS) is 20.6. The van der Waals surface area contributed by atoms with E-state index in [0.717, 1.165) is 24.9 Å². The zero-order chi connectivity index (χ0) is 12.5. The molecular weight excluding hydrogens is 218 g/mol. The average molecular weight is 237 g/mol. The highest BCUT2D eigenvalue weighted by Crippen LogP contribution is 2.33. The van der Waals surface area contributed by atoms with E-state index in [1.54, 1.807) is 17.4 Å². The highest BCUT2D eigenvalue weighted by atomic mass is 16.6. The second kappa shape index (κ2) is 4.43. The highest BCUT2D eigenvalue weighted by Gasteiger charge is 2.33. The molecule has 0 radical (unpaired) electrons. The number of amides is 1. The predicted molar refractivity (Wildman–Crippen MR) is 63.6 cm³/mol. The lowest BCUT2D eigenvalue weighted by atomic mass is 10.1. The molecule has 0 saturated carbocycles. The van der Waals surface area contributed by atoms with E-state index in [4.69, 9.17) is 9.15 Å².